The highest BCUT2D eigenvalue weighted by molar-refractivity contribution is 8.00. The molecule has 0 spiro atoms. The van der Waals surface area contributed by atoms with Crippen LogP contribution < -0.4 is 4.72 Å². The summed E-state index contributed by atoms with van der Waals surface area (Å²) in [6.45, 7) is 10.5. The van der Waals surface area contributed by atoms with Crippen LogP contribution in [0.3, 0.4) is 0 Å². The summed E-state index contributed by atoms with van der Waals surface area (Å²) in [5.74, 6) is 1.18. The molecule has 0 heterocycles. The number of benzene rings is 1. The van der Waals surface area contributed by atoms with E-state index in [1.165, 1.54) is 73.1 Å². The molecule has 0 radical (unpaired) electrons. The van der Waals surface area contributed by atoms with Crippen molar-refractivity contribution < 1.29 is 0 Å². The summed E-state index contributed by atoms with van der Waals surface area (Å²) >= 11 is 1.82. The SMILES string of the molecule is C=Cc1c(NSCCCCCCCCC)ccc(C)c1C. The van der Waals surface area contributed by atoms with Crippen LogP contribution in [0.25, 0.3) is 6.08 Å². The Hall–Kier alpha value is -0.890. The lowest BCUT2D eigenvalue weighted by Crippen LogP contribution is -1.96. The van der Waals surface area contributed by atoms with Gasteiger partial charge >= 0.3 is 0 Å². The van der Waals surface area contributed by atoms with Gasteiger partial charge in [0.25, 0.3) is 0 Å². The monoisotopic (exact) mass is 305 g/mol. The minimum Gasteiger partial charge on any atom is -0.329 e. The summed E-state index contributed by atoms with van der Waals surface area (Å²) in [5.41, 5.74) is 5.09. The molecule has 0 saturated heterocycles. The third-order valence-corrected chi connectivity index (χ3v) is 4.88. The summed E-state index contributed by atoms with van der Waals surface area (Å²) in [6, 6.07) is 4.34. The van der Waals surface area contributed by atoms with Crippen LogP contribution in [0.15, 0.2) is 18.7 Å². The second-order valence-electron chi connectivity index (χ2n) is 5.74. The summed E-state index contributed by atoms with van der Waals surface area (Å²) in [6.07, 6.45) is 11.6. The molecule has 2 heteroatoms. The maximum Gasteiger partial charge on any atom is 0.0515 e. The molecule has 0 aliphatic rings. The maximum absolute atomic E-state index is 3.94. The van der Waals surface area contributed by atoms with Crippen molar-refractivity contribution in [2.45, 2.75) is 65.7 Å². The van der Waals surface area contributed by atoms with Crippen molar-refractivity contribution in [1.29, 1.82) is 0 Å². The Morgan fingerprint density at radius 3 is 2.38 bits per heavy atom. The molecule has 0 bridgehead atoms. The first-order chi connectivity index (χ1) is 10.2. The lowest BCUT2D eigenvalue weighted by molar-refractivity contribution is 0.604. The van der Waals surface area contributed by atoms with Gasteiger partial charge in [-0.05, 0) is 37.5 Å². The molecule has 0 aromatic heterocycles. The van der Waals surface area contributed by atoms with E-state index in [0.29, 0.717) is 0 Å². The maximum atomic E-state index is 3.94. The molecule has 1 N–H and O–H groups in total. The summed E-state index contributed by atoms with van der Waals surface area (Å²) < 4.78 is 3.49. The summed E-state index contributed by atoms with van der Waals surface area (Å²) in [4.78, 5) is 0. The highest BCUT2D eigenvalue weighted by atomic mass is 32.2. The van der Waals surface area contributed by atoms with Crippen LogP contribution in [0.2, 0.25) is 0 Å². The van der Waals surface area contributed by atoms with Crippen LogP contribution in [0.1, 0.15) is 68.6 Å². The quantitative estimate of drug-likeness (QED) is 0.358. The molecule has 0 atom stereocenters. The predicted octanol–water partition coefficient (Wildman–Crippen LogP) is 6.76. The lowest BCUT2D eigenvalue weighted by atomic mass is 10.0. The molecule has 0 amide bonds. The number of hydrogen-bond donors (Lipinski definition) is 1. The third kappa shape index (κ3) is 6.60. The Balaban J connectivity index is 2.21. The molecule has 118 valence electrons. The number of nitrogens with one attached hydrogen (secondary N) is 1. The van der Waals surface area contributed by atoms with Crippen molar-refractivity contribution in [2.75, 3.05) is 10.5 Å². The molecule has 1 aromatic carbocycles. The topological polar surface area (TPSA) is 12.0 Å². The fraction of sp³-hybridized carbons (Fsp3) is 0.579. The van der Waals surface area contributed by atoms with Gasteiger partial charge in [0.05, 0.1) is 5.69 Å². The summed E-state index contributed by atoms with van der Waals surface area (Å²) in [7, 11) is 0. The van der Waals surface area contributed by atoms with Gasteiger partial charge in [0.1, 0.15) is 0 Å². The molecule has 1 nitrogen and oxygen atoms in total. The van der Waals surface area contributed by atoms with Crippen LogP contribution >= 0.6 is 11.9 Å². The minimum absolute atomic E-state index is 1.18. The van der Waals surface area contributed by atoms with Gasteiger partial charge in [-0.2, -0.15) is 0 Å². The van der Waals surface area contributed by atoms with Crippen LogP contribution in [0, 0.1) is 13.8 Å². The van der Waals surface area contributed by atoms with Gasteiger partial charge in [0.2, 0.25) is 0 Å². The van der Waals surface area contributed by atoms with Crippen LogP contribution in [-0.4, -0.2) is 5.75 Å². The first kappa shape index (κ1) is 18.2. The van der Waals surface area contributed by atoms with Gasteiger partial charge in [0, 0.05) is 11.3 Å². The fourth-order valence-corrected chi connectivity index (χ4v) is 3.23. The van der Waals surface area contributed by atoms with E-state index in [1.807, 2.05) is 18.0 Å². The van der Waals surface area contributed by atoms with Gasteiger partial charge in [-0.1, -0.05) is 76.1 Å². The van der Waals surface area contributed by atoms with E-state index in [0.717, 1.165) is 0 Å². The van der Waals surface area contributed by atoms with Crippen LogP contribution in [-0.2, 0) is 0 Å². The van der Waals surface area contributed by atoms with Gasteiger partial charge in [-0.15, -0.1) is 0 Å². The molecular formula is C19H31NS. The molecule has 21 heavy (non-hydrogen) atoms. The van der Waals surface area contributed by atoms with E-state index in [1.54, 1.807) is 0 Å². The molecule has 0 fully saturated rings. The van der Waals surface area contributed by atoms with Crippen molar-refractivity contribution in [3.05, 3.63) is 35.4 Å². The molecular weight excluding hydrogens is 274 g/mol. The predicted molar refractivity (Wildman–Crippen MR) is 100 cm³/mol. The Bertz CT molecular complexity index is 426. The molecule has 0 unspecified atom stereocenters. The lowest BCUT2D eigenvalue weighted by Gasteiger charge is -2.13. The second kappa shape index (κ2) is 10.8. The zero-order valence-electron chi connectivity index (χ0n) is 14.0. The Morgan fingerprint density at radius 1 is 1.05 bits per heavy atom. The van der Waals surface area contributed by atoms with Gasteiger partial charge in [-0.25, -0.2) is 0 Å². The van der Waals surface area contributed by atoms with E-state index < -0.39 is 0 Å². The van der Waals surface area contributed by atoms with Crippen molar-refractivity contribution >= 4 is 23.7 Å². The smallest absolute Gasteiger partial charge is 0.0515 e. The molecule has 1 aromatic rings. The average molecular weight is 306 g/mol. The van der Waals surface area contributed by atoms with Gasteiger partial charge < -0.3 is 4.72 Å². The van der Waals surface area contributed by atoms with Crippen LogP contribution in [0.4, 0.5) is 5.69 Å². The largest absolute Gasteiger partial charge is 0.329 e. The number of anilines is 1. The van der Waals surface area contributed by atoms with Crippen molar-refractivity contribution in [1.82, 2.24) is 0 Å². The fourth-order valence-electron chi connectivity index (χ4n) is 2.45. The van der Waals surface area contributed by atoms with Gasteiger partial charge in [0.15, 0.2) is 0 Å². The number of aryl methyl sites for hydroxylation is 1. The number of unbranched alkanes of at least 4 members (excludes halogenated alkanes) is 6. The molecule has 0 aliphatic heterocycles. The van der Waals surface area contributed by atoms with Crippen molar-refractivity contribution in [3.63, 3.8) is 0 Å². The van der Waals surface area contributed by atoms with Crippen molar-refractivity contribution in [3.8, 4) is 0 Å². The number of hydrogen-bond acceptors (Lipinski definition) is 2. The van der Waals surface area contributed by atoms with Crippen molar-refractivity contribution in [2.24, 2.45) is 0 Å². The third-order valence-electron chi connectivity index (χ3n) is 4.02. The summed E-state index contributed by atoms with van der Waals surface area (Å²) in [5, 5.41) is 0. The Kier molecular flexibility index (Phi) is 9.32. The first-order valence-corrected chi connectivity index (χ1v) is 9.29. The van der Waals surface area contributed by atoms with E-state index in [4.69, 9.17) is 0 Å². The molecule has 0 aliphatic carbocycles. The van der Waals surface area contributed by atoms with E-state index in [2.05, 4.69) is 44.2 Å². The highest BCUT2D eigenvalue weighted by Gasteiger charge is 2.04. The number of rotatable bonds is 11. The van der Waals surface area contributed by atoms with E-state index in [9.17, 15) is 0 Å². The molecule has 1 rings (SSSR count). The van der Waals surface area contributed by atoms with Gasteiger partial charge in [-0.3, -0.25) is 0 Å². The Morgan fingerprint density at radius 2 is 1.71 bits per heavy atom. The standard InChI is InChI=1S/C19H31NS/c1-5-7-8-9-10-11-12-15-21-20-19-14-13-16(3)17(4)18(19)6-2/h6,13-14,20H,2,5,7-12,15H2,1,3-4H3. The zero-order chi connectivity index (χ0) is 15.5. The van der Waals surface area contributed by atoms with E-state index in [-0.39, 0.29) is 0 Å². The zero-order valence-corrected chi connectivity index (χ0v) is 14.8. The minimum atomic E-state index is 1.18. The first-order valence-electron chi connectivity index (χ1n) is 8.31. The normalized spacial score (nSPS) is 10.6. The van der Waals surface area contributed by atoms with Crippen LogP contribution in [0.5, 0.6) is 0 Å². The Labute approximate surface area is 135 Å². The highest BCUT2D eigenvalue weighted by Crippen LogP contribution is 2.26. The average Bonchev–Trinajstić information content (AvgIpc) is 2.49. The van der Waals surface area contributed by atoms with E-state index >= 15 is 0 Å². The molecule has 0 saturated carbocycles. The second-order valence-corrected chi connectivity index (χ2v) is 6.65.